The summed E-state index contributed by atoms with van der Waals surface area (Å²) < 4.78 is 24.0. The van der Waals surface area contributed by atoms with Crippen molar-refractivity contribution in [2.75, 3.05) is 12.9 Å². The fourth-order valence-corrected chi connectivity index (χ4v) is 3.95. The number of carbonyl (C=O) groups is 1. The molecule has 1 aromatic carbocycles. The van der Waals surface area contributed by atoms with E-state index in [0.29, 0.717) is 0 Å². The molecule has 1 unspecified atom stereocenters. The summed E-state index contributed by atoms with van der Waals surface area (Å²) in [5.74, 6) is 11.2. The lowest BCUT2D eigenvalue weighted by Gasteiger charge is -2.25. The number of rotatable bonds is 6. The highest BCUT2D eigenvalue weighted by atomic mass is 32.2. The van der Waals surface area contributed by atoms with Gasteiger partial charge in [-0.25, -0.2) is 13.9 Å². The highest BCUT2D eigenvalue weighted by Gasteiger charge is 2.43. The molecule has 1 fully saturated rings. The highest BCUT2D eigenvalue weighted by Crippen LogP contribution is 2.36. The SMILES string of the molecule is C[C@@](CCn1ncc2cc(C#CC#CC3C[C@H]3CO)ccc21)(C(=O)NO)S(C)(=O)=O. The van der Waals surface area contributed by atoms with Gasteiger partial charge in [-0.05, 0) is 55.7 Å². The summed E-state index contributed by atoms with van der Waals surface area (Å²) in [6, 6.07) is 5.50. The Morgan fingerprint density at radius 3 is 2.80 bits per heavy atom. The standard InChI is InChI=1S/C21H23N3O5S/c1-21(20(26)23-27,30(2,28)29)9-10-24-19-8-7-15(11-17(19)13-22-24)5-3-4-6-16-12-18(16)14-25/h7-8,11,13,16,18,25,27H,9-10,12,14H2,1-2H3,(H,23,26)/t16?,18-,21+/m0/s1. The molecular weight excluding hydrogens is 406 g/mol. The zero-order valence-corrected chi connectivity index (χ0v) is 17.5. The molecule has 0 spiro atoms. The predicted octanol–water partition coefficient (Wildman–Crippen LogP) is 0.718. The Bertz CT molecular complexity index is 1200. The summed E-state index contributed by atoms with van der Waals surface area (Å²) >= 11 is 0. The van der Waals surface area contributed by atoms with Gasteiger partial charge in [0.05, 0.1) is 11.7 Å². The fraction of sp³-hybridized carbons (Fsp3) is 0.429. The molecule has 0 bridgehead atoms. The number of nitrogens with one attached hydrogen (secondary N) is 1. The van der Waals surface area contributed by atoms with E-state index in [2.05, 4.69) is 28.8 Å². The van der Waals surface area contributed by atoms with Crippen LogP contribution in [0.3, 0.4) is 0 Å². The molecule has 3 N–H and O–H groups in total. The molecule has 1 aliphatic rings. The van der Waals surface area contributed by atoms with E-state index in [1.54, 1.807) is 10.9 Å². The molecule has 2 aromatic rings. The number of hydroxylamine groups is 1. The number of hydrogen-bond donors (Lipinski definition) is 3. The smallest absolute Gasteiger partial charge is 0.264 e. The van der Waals surface area contributed by atoms with Gasteiger partial charge < -0.3 is 5.11 Å². The van der Waals surface area contributed by atoms with Crippen molar-refractivity contribution in [3.63, 3.8) is 0 Å². The van der Waals surface area contributed by atoms with Crippen molar-refractivity contribution in [2.45, 2.75) is 31.1 Å². The first-order valence-corrected chi connectivity index (χ1v) is 11.3. The van der Waals surface area contributed by atoms with Crippen LogP contribution in [0.15, 0.2) is 24.4 Å². The third kappa shape index (κ3) is 4.49. The van der Waals surface area contributed by atoms with Crippen LogP contribution in [-0.4, -0.2) is 52.0 Å². The van der Waals surface area contributed by atoms with Crippen molar-refractivity contribution in [1.82, 2.24) is 15.3 Å². The van der Waals surface area contributed by atoms with E-state index >= 15 is 0 Å². The van der Waals surface area contributed by atoms with Gasteiger partial charge in [0.2, 0.25) is 0 Å². The van der Waals surface area contributed by atoms with Gasteiger partial charge in [-0.2, -0.15) is 5.10 Å². The molecule has 0 saturated heterocycles. The Labute approximate surface area is 175 Å². The molecule has 0 aliphatic heterocycles. The van der Waals surface area contributed by atoms with Crippen molar-refractivity contribution in [3.8, 4) is 23.7 Å². The average molecular weight is 429 g/mol. The Morgan fingerprint density at radius 2 is 2.17 bits per heavy atom. The number of aromatic nitrogens is 2. The van der Waals surface area contributed by atoms with E-state index in [1.807, 2.05) is 18.2 Å². The molecule has 3 atom stereocenters. The van der Waals surface area contributed by atoms with Gasteiger partial charge in [0, 0.05) is 36.3 Å². The number of aliphatic hydroxyl groups is 1. The van der Waals surface area contributed by atoms with E-state index in [9.17, 15) is 13.2 Å². The molecule has 1 amide bonds. The number of aliphatic hydroxyl groups excluding tert-OH is 1. The van der Waals surface area contributed by atoms with E-state index in [4.69, 9.17) is 10.3 Å². The minimum atomic E-state index is -3.77. The van der Waals surface area contributed by atoms with Crippen molar-refractivity contribution < 1.29 is 23.5 Å². The number of fused-ring (bicyclic) bond motifs is 1. The topological polar surface area (TPSA) is 122 Å². The Kier molecular flexibility index (Phi) is 6.18. The van der Waals surface area contributed by atoms with Crippen molar-refractivity contribution in [1.29, 1.82) is 0 Å². The summed E-state index contributed by atoms with van der Waals surface area (Å²) in [7, 11) is -3.77. The number of amides is 1. The lowest BCUT2D eigenvalue weighted by atomic mass is 10.1. The molecule has 9 heteroatoms. The van der Waals surface area contributed by atoms with Gasteiger partial charge in [-0.3, -0.25) is 14.7 Å². The first kappa shape index (κ1) is 21.8. The van der Waals surface area contributed by atoms with Crippen LogP contribution in [0.2, 0.25) is 0 Å². The Morgan fingerprint density at radius 1 is 1.40 bits per heavy atom. The van der Waals surface area contributed by atoms with Gasteiger partial charge in [0.15, 0.2) is 14.6 Å². The molecule has 1 aromatic heterocycles. The van der Waals surface area contributed by atoms with E-state index in [-0.39, 0.29) is 31.4 Å². The van der Waals surface area contributed by atoms with Crippen LogP contribution < -0.4 is 5.48 Å². The van der Waals surface area contributed by atoms with Crippen molar-refractivity contribution in [3.05, 3.63) is 30.0 Å². The number of aryl methyl sites for hydroxylation is 1. The molecule has 158 valence electrons. The second kappa shape index (κ2) is 8.49. The molecule has 30 heavy (non-hydrogen) atoms. The summed E-state index contributed by atoms with van der Waals surface area (Å²) in [6.07, 6.45) is 3.48. The summed E-state index contributed by atoms with van der Waals surface area (Å²) in [6.45, 7) is 1.62. The highest BCUT2D eigenvalue weighted by molar-refractivity contribution is 7.92. The van der Waals surface area contributed by atoms with Gasteiger partial charge in [-0.1, -0.05) is 11.8 Å². The first-order valence-electron chi connectivity index (χ1n) is 9.41. The molecular formula is C21H23N3O5S. The molecule has 3 rings (SSSR count). The first-order chi connectivity index (χ1) is 14.2. The maximum Gasteiger partial charge on any atom is 0.264 e. The van der Waals surface area contributed by atoms with Crippen molar-refractivity contribution >= 4 is 26.6 Å². The zero-order chi connectivity index (χ0) is 21.9. The van der Waals surface area contributed by atoms with Crippen LogP contribution in [-0.2, 0) is 21.2 Å². The Hall–Kier alpha value is -2.85. The van der Waals surface area contributed by atoms with Crippen LogP contribution in [0.25, 0.3) is 10.9 Å². The number of nitrogens with zero attached hydrogens (tertiary/aromatic N) is 2. The lowest BCUT2D eigenvalue weighted by molar-refractivity contribution is -0.131. The average Bonchev–Trinajstić information content (AvgIpc) is 3.37. The zero-order valence-electron chi connectivity index (χ0n) is 16.7. The van der Waals surface area contributed by atoms with Gasteiger partial charge in [0.25, 0.3) is 5.91 Å². The van der Waals surface area contributed by atoms with E-state index in [1.165, 1.54) is 12.4 Å². The number of hydrogen-bond acceptors (Lipinski definition) is 6. The predicted molar refractivity (Wildman–Crippen MR) is 111 cm³/mol. The monoisotopic (exact) mass is 429 g/mol. The second-order valence-corrected chi connectivity index (χ2v) is 10.1. The molecule has 1 aliphatic carbocycles. The quantitative estimate of drug-likeness (QED) is 0.353. The molecule has 8 nitrogen and oxygen atoms in total. The number of carbonyl (C=O) groups excluding carboxylic acids is 1. The van der Waals surface area contributed by atoms with Crippen LogP contribution in [0.5, 0.6) is 0 Å². The van der Waals surface area contributed by atoms with Gasteiger partial charge in [0.1, 0.15) is 0 Å². The minimum Gasteiger partial charge on any atom is -0.396 e. The summed E-state index contributed by atoms with van der Waals surface area (Å²) in [5.41, 5.74) is 2.98. The van der Waals surface area contributed by atoms with Crippen LogP contribution in [0.1, 0.15) is 25.3 Å². The third-order valence-corrected chi connectivity index (χ3v) is 7.55. The number of sulfone groups is 1. The number of benzene rings is 1. The van der Waals surface area contributed by atoms with E-state index < -0.39 is 20.5 Å². The summed E-state index contributed by atoms with van der Waals surface area (Å²) in [4.78, 5) is 11.9. The molecule has 1 heterocycles. The van der Waals surface area contributed by atoms with Crippen molar-refractivity contribution in [2.24, 2.45) is 11.8 Å². The maximum atomic E-state index is 12.1. The lowest BCUT2D eigenvalue weighted by Crippen LogP contribution is -2.49. The van der Waals surface area contributed by atoms with Gasteiger partial charge >= 0.3 is 0 Å². The van der Waals surface area contributed by atoms with Crippen LogP contribution in [0, 0.1) is 35.5 Å². The third-order valence-electron chi connectivity index (χ3n) is 5.53. The van der Waals surface area contributed by atoms with E-state index in [0.717, 1.165) is 29.1 Å². The molecule has 0 radical (unpaired) electrons. The Balaban J connectivity index is 1.74. The second-order valence-electron chi connectivity index (χ2n) is 7.64. The minimum absolute atomic E-state index is 0.0534. The van der Waals surface area contributed by atoms with Gasteiger partial charge in [-0.15, -0.1) is 0 Å². The molecule has 1 saturated carbocycles. The maximum absolute atomic E-state index is 12.1. The van der Waals surface area contributed by atoms with Crippen LogP contribution in [0.4, 0.5) is 0 Å². The van der Waals surface area contributed by atoms with Crippen LogP contribution >= 0.6 is 0 Å². The fourth-order valence-electron chi connectivity index (χ4n) is 3.11. The largest absolute Gasteiger partial charge is 0.396 e. The normalized spacial score (nSPS) is 19.7. The summed E-state index contributed by atoms with van der Waals surface area (Å²) in [5, 5.41) is 23.0.